The average Bonchev–Trinajstić information content (AvgIpc) is 2.27. The van der Waals surface area contributed by atoms with Crippen molar-refractivity contribution in [2.24, 2.45) is 5.41 Å². The van der Waals surface area contributed by atoms with Gasteiger partial charge in [0.15, 0.2) is 0 Å². The van der Waals surface area contributed by atoms with Crippen LogP contribution in [0.4, 0.5) is 0 Å². The van der Waals surface area contributed by atoms with Crippen molar-refractivity contribution in [2.75, 3.05) is 6.26 Å². The maximum atomic E-state index is 12.5. The molecule has 0 saturated carbocycles. The number of rotatable bonds is 1. The molecule has 0 aromatic heterocycles. The van der Waals surface area contributed by atoms with Crippen LogP contribution in [0.15, 0.2) is 47.4 Å². The summed E-state index contributed by atoms with van der Waals surface area (Å²) in [7, 11) is -2.02. The van der Waals surface area contributed by atoms with Gasteiger partial charge in [0.1, 0.15) is 0 Å². The summed E-state index contributed by atoms with van der Waals surface area (Å²) in [6.45, 7) is 6.45. The molecule has 1 aliphatic rings. The minimum absolute atomic E-state index is 0.0208. The van der Waals surface area contributed by atoms with Gasteiger partial charge in [-0.25, -0.2) is 0 Å². The Labute approximate surface area is 110 Å². The van der Waals surface area contributed by atoms with Gasteiger partial charge in [-0.3, -0.25) is 4.21 Å². The summed E-state index contributed by atoms with van der Waals surface area (Å²) in [6, 6.07) is 10.1. The molecule has 2 rings (SSSR count). The Morgan fingerprint density at radius 2 is 1.67 bits per heavy atom. The highest BCUT2D eigenvalue weighted by Crippen LogP contribution is 2.31. The van der Waals surface area contributed by atoms with Gasteiger partial charge in [0.2, 0.25) is 0 Å². The molecule has 1 aromatic carbocycles. The molecule has 0 spiro atoms. The molecule has 0 saturated heterocycles. The lowest BCUT2D eigenvalue weighted by Gasteiger charge is -2.24. The first-order chi connectivity index (χ1) is 8.28. The van der Waals surface area contributed by atoms with Crippen LogP contribution >= 0.6 is 0 Å². The van der Waals surface area contributed by atoms with Gasteiger partial charge in [-0.05, 0) is 43.1 Å². The Bertz CT molecular complexity index is 619. The van der Waals surface area contributed by atoms with Crippen LogP contribution < -0.4 is 0 Å². The lowest BCUT2D eigenvalue weighted by atomic mass is 9.86. The normalized spacial score (nSPS) is 24.0. The minimum Gasteiger partial charge on any atom is -0.263 e. The second-order valence-corrected chi connectivity index (χ2v) is 8.28. The molecule has 1 atom stereocenters. The van der Waals surface area contributed by atoms with Crippen molar-refractivity contribution in [3.05, 3.63) is 53.0 Å². The van der Waals surface area contributed by atoms with Gasteiger partial charge in [0.25, 0.3) is 0 Å². The Balaban J connectivity index is 2.58. The highest BCUT2D eigenvalue weighted by atomic mass is 32.2. The van der Waals surface area contributed by atoms with Gasteiger partial charge in [0, 0.05) is 11.7 Å². The SMILES string of the molecule is CC(C)(C)C1=CC(c2ccccc2)=CS(C)(=O)=C1. The van der Waals surface area contributed by atoms with Gasteiger partial charge < -0.3 is 0 Å². The van der Waals surface area contributed by atoms with E-state index < -0.39 is 9.52 Å². The van der Waals surface area contributed by atoms with Crippen LogP contribution in [0.1, 0.15) is 26.3 Å². The lowest BCUT2D eigenvalue weighted by molar-refractivity contribution is 0.527. The predicted octanol–water partition coefficient (Wildman–Crippen LogP) is 3.73. The molecule has 2 heteroatoms. The number of benzene rings is 1. The third-order valence-corrected chi connectivity index (χ3v) is 4.45. The molecule has 0 radical (unpaired) electrons. The van der Waals surface area contributed by atoms with E-state index in [1.807, 2.05) is 29.0 Å². The Morgan fingerprint density at radius 1 is 1.06 bits per heavy atom. The van der Waals surface area contributed by atoms with Crippen LogP contribution in [-0.4, -0.2) is 15.8 Å². The van der Waals surface area contributed by atoms with E-state index in [0.717, 1.165) is 16.7 Å². The van der Waals surface area contributed by atoms with Gasteiger partial charge in [-0.2, -0.15) is 0 Å². The van der Waals surface area contributed by atoms with Crippen molar-refractivity contribution in [1.29, 1.82) is 0 Å². The minimum atomic E-state index is -2.02. The van der Waals surface area contributed by atoms with Crippen LogP contribution in [0.25, 0.3) is 5.57 Å². The fourth-order valence-corrected chi connectivity index (χ4v) is 3.65. The zero-order chi connectivity index (χ0) is 13.4. The van der Waals surface area contributed by atoms with Crippen molar-refractivity contribution >= 4 is 20.5 Å². The number of allylic oxidation sites excluding steroid dienone is 3. The maximum absolute atomic E-state index is 12.5. The zero-order valence-corrected chi connectivity index (χ0v) is 12.3. The fraction of sp³-hybridized carbons (Fsp3) is 0.312. The molecule has 0 N–H and O–H groups in total. The van der Waals surface area contributed by atoms with E-state index in [1.165, 1.54) is 0 Å². The van der Waals surface area contributed by atoms with Crippen molar-refractivity contribution in [1.82, 2.24) is 0 Å². The summed E-state index contributed by atoms with van der Waals surface area (Å²) in [4.78, 5) is 0. The van der Waals surface area contributed by atoms with E-state index in [2.05, 4.69) is 39.0 Å². The molecule has 1 nitrogen and oxygen atoms in total. The molecule has 0 bridgehead atoms. The van der Waals surface area contributed by atoms with E-state index in [-0.39, 0.29) is 5.41 Å². The maximum Gasteiger partial charge on any atom is 0.00867 e. The predicted molar refractivity (Wildman–Crippen MR) is 82.1 cm³/mol. The third-order valence-electron chi connectivity index (χ3n) is 3.01. The highest BCUT2D eigenvalue weighted by Gasteiger charge is 2.20. The van der Waals surface area contributed by atoms with Crippen LogP contribution in [0.5, 0.6) is 0 Å². The zero-order valence-electron chi connectivity index (χ0n) is 11.4. The average molecular weight is 260 g/mol. The molecule has 1 aliphatic heterocycles. The van der Waals surface area contributed by atoms with Gasteiger partial charge in [0.05, 0.1) is 0 Å². The van der Waals surface area contributed by atoms with E-state index in [4.69, 9.17) is 0 Å². The monoisotopic (exact) mass is 260 g/mol. The quantitative estimate of drug-likeness (QED) is 0.703. The van der Waals surface area contributed by atoms with Crippen molar-refractivity contribution in [3.8, 4) is 0 Å². The Hall–Kier alpha value is -1.28. The largest absolute Gasteiger partial charge is 0.263 e. The molecule has 96 valence electrons. The summed E-state index contributed by atoms with van der Waals surface area (Å²) < 4.78 is 12.5. The first kappa shape index (κ1) is 13.2. The molecule has 1 unspecified atom stereocenters. The van der Waals surface area contributed by atoms with Gasteiger partial charge >= 0.3 is 0 Å². The first-order valence-electron chi connectivity index (χ1n) is 6.11. The molecular formula is C16H20OS. The standard InChI is InChI=1S/C16H20OS/c1-16(2,3)15-10-14(11-18(4,17)12-15)13-8-6-5-7-9-13/h5-12H,1-4H3. The van der Waals surface area contributed by atoms with Crippen LogP contribution in [0.3, 0.4) is 0 Å². The molecular weight excluding hydrogens is 240 g/mol. The third kappa shape index (κ3) is 2.94. The smallest absolute Gasteiger partial charge is 0.00867 e. The van der Waals surface area contributed by atoms with E-state index in [9.17, 15) is 4.21 Å². The van der Waals surface area contributed by atoms with Crippen molar-refractivity contribution < 1.29 is 4.21 Å². The molecule has 18 heavy (non-hydrogen) atoms. The first-order valence-corrected chi connectivity index (χ1v) is 8.20. The number of hydrogen-bond donors (Lipinski definition) is 0. The Morgan fingerprint density at radius 3 is 2.22 bits per heavy atom. The topological polar surface area (TPSA) is 17.1 Å². The van der Waals surface area contributed by atoms with Crippen LogP contribution in [-0.2, 0) is 9.52 Å². The second kappa shape index (κ2) is 4.43. The molecule has 0 amide bonds. The molecule has 1 heterocycles. The van der Waals surface area contributed by atoms with Crippen LogP contribution in [0, 0.1) is 5.41 Å². The molecule has 0 aliphatic carbocycles. The fourth-order valence-electron chi connectivity index (χ4n) is 1.95. The van der Waals surface area contributed by atoms with Gasteiger partial charge in [-0.1, -0.05) is 51.1 Å². The summed E-state index contributed by atoms with van der Waals surface area (Å²) >= 11 is 0. The van der Waals surface area contributed by atoms with E-state index in [0.29, 0.717) is 0 Å². The summed E-state index contributed by atoms with van der Waals surface area (Å²) in [5.74, 6) is 0. The molecule has 0 fully saturated rings. The highest BCUT2D eigenvalue weighted by molar-refractivity contribution is 8.03. The summed E-state index contributed by atoms with van der Waals surface area (Å²) in [5.41, 5.74) is 3.36. The summed E-state index contributed by atoms with van der Waals surface area (Å²) in [5, 5.41) is 3.80. The second-order valence-electron chi connectivity index (χ2n) is 5.87. The Kier molecular flexibility index (Phi) is 3.24. The summed E-state index contributed by atoms with van der Waals surface area (Å²) in [6.07, 6.45) is 3.96. The van der Waals surface area contributed by atoms with E-state index >= 15 is 0 Å². The van der Waals surface area contributed by atoms with Crippen LogP contribution in [0.2, 0.25) is 0 Å². The number of hydrogen-bond acceptors (Lipinski definition) is 1. The lowest BCUT2D eigenvalue weighted by Crippen LogP contribution is -2.16. The van der Waals surface area contributed by atoms with Gasteiger partial charge in [-0.15, -0.1) is 0 Å². The molecule has 1 aromatic rings. The van der Waals surface area contributed by atoms with Crippen molar-refractivity contribution in [3.63, 3.8) is 0 Å². The van der Waals surface area contributed by atoms with E-state index in [1.54, 1.807) is 6.26 Å². The van der Waals surface area contributed by atoms with Crippen molar-refractivity contribution in [2.45, 2.75) is 20.8 Å².